The molecule has 0 fully saturated rings. The van der Waals surface area contributed by atoms with Crippen LogP contribution in [0.15, 0.2) is 18.2 Å². The maximum atomic E-state index is 11.5. The molecule has 0 saturated heterocycles. The molecule has 0 saturated carbocycles. The fraction of sp³-hybridized carbons (Fsp3) is 0.462. The average Bonchev–Trinajstić information content (AvgIpc) is 2.33. The van der Waals surface area contributed by atoms with Crippen LogP contribution in [0.2, 0.25) is 0 Å². The van der Waals surface area contributed by atoms with Crippen LogP contribution in [0, 0.1) is 0 Å². The summed E-state index contributed by atoms with van der Waals surface area (Å²) in [5.74, 6) is 1.70. The van der Waals surface area contributed by atoms with Gasteiger partial charge in [-0.1, -0.05) is 13.0 Å². The van der Waals surface area contributed by atoms with E-state index in [-0.39, 0.29) is 5.78 Å². The van der Waals surface area contributed by atoms with Crippen LogP contribution >= 0.6 is 11.8 Å². The Morgan fingerprint density at radius 1 is 1.35 bits per heavy atom. The van der Waals surface area contributed by atoms with Crippen molar-refractivity contribution in [3.05, 3.63) is 23.8 Å². The molecule has 1 aromatic rings. The summed E-state index contributed by atoms with van der Waals surface area (Å²) in [5, 5.41) is 0. The van der Waals surface area contributed by atoms with E-state index in [4.69, 9.17) is 9.47 Å². The van der Waals surface area contributed by atoms with Crippen LogP contribution in [-0.2, 0) is 0 Å². The van der Waals surface area contributed by atoms with Crippen LogP contribution in [0.3, 0.4) is 0 Å². The van der Waals surface area contributed by atoms with Crippen molar-refractivity contribution in [3.63, 3.8) is 0 Å². The summed E-state index contributed by atoms with van der Waals surface area (Å²) < 4.78 is 11.2. The standard InChI is InChI=1S/C13H18O3S/c1-4-8-15-12-7-5-6-11(10(2)14)13(12)16-9-17-3/h5-7H,4,8-9H2,1-3H3. The van der Waals surface area contributed by atoms with Crippen molar-refractivity contribution >= 4 is 17.5 Å². The van der Waals surface area contributed by atoms with Gasteiger partial charge in [0, 0.05) is 0 Å². The molecule has 1 rings (SSSR count). The molecule has 0 unspecified atom stereocenters. The number of para-hydroxylation sites is 1. The summed E-state index contributed by atoms with van der Waals surface area (Å²) in [6.45, 7) is 4.19. The zero-order valence-electron chi connectivity index (χ0n) is 10.5. The molecular formula is C13H18O3S. The van der Waals surface area contributed by atoms with Crippen LogP contribution in [0.1, 0.15) is 30.6 Å². The molecule has 0 bridgehead atoms. The van der Waals surface area contributed by atoms with Crippen molar-refractivity contribution in [3.8, 4) is 11.5 Å². The number of rotatable bonds is 7. The van der Waals surface area contributed by atoms with E-state index in [2.05, 4.69) is 0 Å². The number of carbonyl (C=O) groups is 1. The summed E-state index contributed by atoms with van der Waals surface area (Å²) >= 11 is 1.56. The minimum absolute atomic E-state index is 0.0111. The lowest BCUT2D eigenvalue weighted by molar-refractivity contribution is 0.101. The second kappa shape index (κ2) is 7.22. The first-order chi connectivity index (χ1) is 8.20. The molecule has 0 radical (unpaired) electrons. The Balaban J connectivity index is 3.00. The van der Waals surface area contributed by atoms with Crippen molar-refractivity contribution in [1.82, 2.24) is 0 Å². The summed E-state index contributed by atoms with van der Waals surface area (Å²) in [5.41, 5.74) is 0.577. The molecule has 0 aliphatic heterocycles. The third kappa shape index (κ3) is 3.97. The molecule has 0 aliphatic rings. The minimum atomic E-state index is -0.0111. The third-order valence-electron chi connectivity index (χ3n) is 2.14. The summed E-state index contributed by atoms with van der Waals surface area (Å²) in [6, 6.07) is 5.40. The number of hydrogen-bond donors (Lipinski definition) is 0. The Labute approximate surface area is 106 Å². The second-order valence-corrected chi connectivity index (χ2v) is 4.40. The van der Waals surface area contributed by atoms with Gasteiger partial charge in [-0.25, -0.2) is 0 Å². The van der Waals surface area contributed by atoms with E-state index in [1.54, 1.807) is 17.8 Å². The Morgan fingerprint density at radius 2 is 2.12 bits per heavy atom. The molecule has 0 heterocycles. The van der Waals surface area contributed by atoms with E-state index in [9.17, 15) is 4.79 Å². The average molecular weight is 254 g/mol. The first kappa shape index (κ1) is 13.9. The van der Waals surface area contributed by atoms with Gasteiger partial charge in [-0.3, -0.25) is 4.79 Å². The highest BCUT2D eigenvalue weighted by atomic mass is 32.2. The van der Waals surface area contributed by atoms with Gasteiger partial charge in [-0.2, -0.15) is 0 Å². The zero-order chi connectivity index (χ0) is 12.7. The number of thioether (sulfide) groups is 1. The van der Waals surface area contributed by atoms with E-state index in [1.165, 1.54) is 6.92 Å². The number of carbonyl (C=O) groups excluding carboxylic acids is 1. The van der Waals surface area contributed by atoms with Gasteiger partial charge < -0.3 is 9.47 Å². The van der Waals surface area contributed by atoms with Crippen LogP contribution in [0.5, 0.6) is 11.5 Å². The Kier molecular flexibility index (Phi) is 5.91. The molecular weight excluding hydrogens is 236 g/mol. The molecule has 0 N–H and O–H groups in total. The van der Waals surface area contributed by atoms with E-state index >= 15 is 0 Å². The number of Topliss-reactive ketones (excluding diaryl/α,β-unsaturated/α-hetero) is 1. The van der Waals surface area contributed by atoms with Gasteiger partial charge in [0.05, 0.1) is 12.2 Å². The van der Waals surface area contributed by atoms with Crippen molar-refractivity contribution in [1.29, 1.82) is 0 Å². The monoisotopic (exact) mass is 254 g/mol. The van der Waals surface area contributed by atoms with E-state index in [1.807, 2.05) is 25.3 Å². The molecule has 1 aromatic carbocycles. The van der Waals surface area contributed by atoms with Gasteiger partial charge >= 0.3 is 0 Å². The van der Waals surface area contributed by atoms with E-state index in [0.717, 1.165) is 6.42 Å². The largest absolute Gasteiger partial charge is 0.490 e. The van der Waals surface area contributed by atoms with Gasteiger partial charge in [0.2, 0.25) is 0 Å². The first-order valence-electron chi connectivity index (χ1n) is 5.59. The van der Waals surface area contributed by atoms with Gasteiger partial charge in [-0.05, 0) is 31.7 Å². The highest BCUT2D eigenvalue weighted by molar-refractivity contribution is 7.98. The maximum absolute atomic E-state index is 11.5. The highest BCUT2D eigenvalue weighted by Crippen LogP contribution is 2.32. The second-order valence-electron chi connectivity index (χ2n) is 3.59. The van der Waals surface area contributed by atoms with E-state index < -0.39 is 0 Å². The molecule has 0 aliphatic carbocycles. The van der Waals surface area contributed by atoms with Crippen molar-refractivity contribution in [2.45, 2.75) is 20.3 Å². The molecule has 94 valence electrons. The van der Waals surface area contributed by atoms with Crippen LogP contribution in [0.4, 0.5) is 0 Å². The zero-order valence-corrected chi connectivity index (χ0v) is 11.3. The Bertz CT molecular complexity index is 377. The minimum Gasteiger partial charge on any atom is -0.490 e. The highest BCUT2D eigenvalue weighted by Gasteiger charge is 2.14. The smallest absolute Gasteiger partial charge is 0.173 e. The lowest BCUT2D eigenvalue weighted by atomic mass is 10.1. The fourth-order valence-electron chi connectivity index (χ4n) is 1.39. The molecule has 0 spiro atoms. The molecule has 3 nitrogen and oxygen atoms in total. The van der Waals surface area contributed by atoms with Crippen LogP contribution < -0.4 is 9.47 Å². The normalized spacial score (nSPS) is 10.1. The van der Waals surface area contributed by atoms with Gasteiger partial charge in [0.25, 0.3) is 0 Å². The summed E-state index contributed by atoms with van der Waals surface area (Å²) in [4.78, 5) is 11.5. The quantitative estimate of drug-likeness (QED) is 0.552. The first-order valence-corrected chi connectivity index (χ1v) is 6.98. The van der Waals surface area contributed by atoms with Crippen molar-refractivity contribution in [2.24, 2.45) is 0 Å². The number of ether oxygens (including phenoxy) is 2. The number of benzene rings is 1. The predicted octanol–water partition coefficient (Wildman–Crippen LogP) is 3.38. The summed E-state index contributed by atoms with van der Waals surface area (Å²) in [6.07, 6.45) is 2.87. The molecule has 0 aromatic heterocycles. The van der Waals surface area contributed by atoms with Gasteiger partial charge in [-0.15, -0.1) is 11.8 Å². The molecule has 17 heavy (non-hydrogen) atoms. The maximum Gasteiger partial charge on any atom is 0.173 e. The predicted molar refractivity (Wildman–Crippen MR) is 71.2 cm³/mol. The van der Waals surface area contributed by atoms with Gasteiger partial charge in [0.15, 0.2) is 17.3 Å². The van der Waals surface area contributed by atoms with Gasteiger partial charge in [0.1, 0.15) is 5.94 Å². The number of hydrogen-bond acceptors (Lipinski definition) is 4. The Hall–Kier alpha value is -1.16. The van der Waals surface area contributed by atoms with E-state index in [0.29, 0.717) is 29.6 Å². The van der Waals surface area contributed by atoms with Crippen molar-refractivity contribution in [2.75, 3.05) is 18.8 Å². The third-order valence-corrected chi connectivity index (χ3v) is 2.49. The summed E-state index contributed by atoms with van der Waals surface area (Å²) in [7, 11) is 0. The topological polar surface area (TPSA) is 35.5 Å². The fourth-order valence-corrected chi connectivity index (χ4v) is 1.62. The lowest BCUT2D eigenvalue weighted by Crippen LogP contribution is -2.04. The SMILES string of the molecule is CCCOc1cccc(C(C)=O)c1OCSC. The Morgan fingerprint density at radius 3 is 2.71 bits per heavy atom. The molecule has 0 amide bonds. The molecule has 4 heteroatoms. The lowest BCUT2D eigenvalue weighted by Gasteiger charge is -2.14. The van der Waals surface area contributed by atoms with Crippen molar-refractivity contribution < 1.29 is 14.3 Å². The number of ketones is 1. The van der Waals surface area contributed by atoms with Crippen LogP contribution in [-0.4, -0.2) is 24.6 Å². The molecule has 0 atom stereocenters. The van der Waals surface area contributed by atoms with Crippen LogP contribution in [0.25, 0.3) is 0 Å².